The minimum Gasteiger partial charge on any atom is -0.347 e. The molecule has 1 saturated heterocycles. The molecular weight excluding hydrogens is 369 g/mol. The molecule has 0 spiro atoms. The Labute approximate surface area is 156 Å². The molecule has 2 N–H and O–H groups in total. The maximum atomic E-state index is 12.3. The first-order chi connectivity index (χ1) is 11.0. The molecule has 0 aromatic carbocycles. The zero-order chi connectivity index (χ0) is 16.6. The minimum atomic E-state index is -0.468. The molecule has 2 aromatic heterocycles. The quantitative estimate of drug-likeness (QED) is 0.750. The number of amides is 1. The average Bonchev–Trinajstić information content (AvgIpc) is 2.58. The second-order valence-electron chi connectivity index (χ2n) is 5.79. The number of pyridine rings is 1. The largest absolute Gasteiger partial charge is 0.347 e. The van der Waals surface area contributed by atoms with E-state index in [-0.39, 0.29) is 48.1 Å². The molecule has 0 aliphatic carbocycles. The monoisotopic (exact) mass is 389 g/mol. The lowest BCUT2D eigenvalue weighted by Crippen LogP contribution is -2.45. The van der Waals surface area contributed by atoms with Gasteiger partial charge in [-0.1, -0.05) is 0 Å². The zero-order valence-corrected chi connectivity index (χ0v) is 15.6. The van der Waals surface area contributed by atoms with Crippen molar-refractivity contribution in [2.75, 3.05) is 13.1 Å². The molecule has 8 nitrogen and oxygen atoms in total. The molecule has 1 aliphatic rings. The topological polar surface area (TPSA) is 98.0 Å². The Balaban J connectivity index is 0.00000156. The normalized spacial score (nSPS) is 16.6. The Morgan fingerprint density at radius 2 is 1.96 bits per heavy atom. The minimum absolute atomic E-state index is 0. The SMILES string of the molecule is Cl.Cl.Cn1c(=O)c2ccc(C(=O)NC3CCCNC3)nc2n(C)c1=O. The molecule has 25 heavy (non-hydrogen) atoms. The molecule has 1 amide bonds. The second-order valence-corrected chi connectivity index (χ2v) is 5.79. The summed E-state index contributed by atoms with van der Waals surface area (Å²) in [6, 6.07) is 3.12. The van der Waals surface area contributed by atoms with Crippen molar-refractivity contribution in [3.05, 3.63) is 38.7 Å². The van der Waals surface area contributed by atoms with Gasteiger partial charge in [0.1, 0.15) is 11.3 Å². The molecule has 138 valence electrons. The van der Waals surface area contributed by atoms with Gasteiger partial charge in [0.25, 0.3) is 11.5 Å². The zero-order valence-electron chi connectivity index (χ0n) is 13.9. The smallest absolute Gasteiger partial charge is 0.332 e. The van der Waals surface area contributed by atoms with E-state index in [1.807, 2.05) is 0 Å². The molecule has 3 heterocycles. The van der Waals surface area contributed by atoms with E-state index in [4.69, 9.17) is 0 Å². The van der Waals surface area contributed by atoms with Crippen LogP contribution in [0.1, 0.15) is 23.3 Å². The molecule has 3 rings (SSSR count). The number of halogens is 2. The summed E-state index contributed by atoms with van der Waals surface area (Å²) >= 11 is 0. The van der Waals surface area contributed by atoms with Crippen molar-refractivity contribution >= 4 is 41.8 Å². The molecule has 0 radical (unpaired) electrons. The summed E-state index contributed by atoms with van der Waals surface area (Å²) in [4.78, 5) is 40.6. The van der Waals surface area contributed by atoms with E-state index in [9.17, 15) is 14.4 Å². The van der Waals surface area contributed by atoms with Crippen LogP contribution in [0.25, 0.3) is 11.0 Å². The molecule has 1 atom stereocenters. The second kappa shape index (κ2) is 8.46. The van der Waals surface area contributed by atoms with Gasteiger partial charge in [-0.3, -0.25) is 18.7 Å². The fourth-order valence-corrected chi connectivity index (χ4v) is 2.81. The standard InChI is InChI=1S/C15H19N5O3.2ClH/c1-19-12-10(14(22)20(2)15(19)23)5-6-11(18-12)13(21)17-9-4-3-7-16-8-9;;/h5-6,9,16H,3-4,7-8H2,1-2H3,(H,17,21);2*1H. The summed E-state index contributed by atoms with van der Waals surface area (Å²) in [5, 5.41) is 6.46. The highest BCUT2D eigenvalue weighted by Gasteiger charge is 2.18. The highest BCUT2D eigenvalue weighted by molar-refractivity contribution is 5.94. The molecule has 0 saturated carbocycles. The van der Waals surface area contributed by atoms with E-state index in [1.54, 1.807) is 0 Å². The maximum absolute atomic E-state index is 12.3. The number of hydrogen-bond donors (Lipinski definition) is 2. The molecule has 1 unspecified atom stereocenters. The fraction of sp³-hybridized carbons (Fsp3) is 0.467. The number of aryl methyl sites for hydroxylation is 1. The fourth-order valence-electron chi connectivity index (χ4n) is 2.81. The van der Waals surface area contributed by atoms with Crippen LogP contribution in [0.15, 0.2) is 21.7 Å². The predicted octanol–water partition coefficient (Wildman–Crippen LogP) is -0.0424. The van der Waals surface area contributed by atoms with Crippen LogP contribution in [0.4, 0.5) is 0 Å². The van der Waals surface area contributed by atoms with Crippen LogP contribution in [-0.2, 0) is 14.1 Å². The van der Waals surface area contributed by atoms with Gasteiger partial charge in [0.2, 0.25) is 0 Å². The first-order valence-electron chi connectivity index (χ1n) is 7.57. The van der Waals surface area contributed by atoms with Gasteiger partial charge in [-0.2, -0.15) is 0 Å². The average molecular weight is 390 g/mol. The number of nitrogens with zero attached hydrogens (tertiary/aromatic N) is 3. The number of carbonyl (C=O) groups excluding carboxylic acids is 1. The van der Waals surface area contributed by atoms with Crippen LogP contribution in [0.3, 0.4) is 0 Å². The molecular formula is C15H21Cl2N5O3. The number of nitrogens with one attached hydrogen (secondary N) is 2. The van der Waals surface area contributed by atoms with Gasteiger partial charge in [-0.05, 0) is 31.5 Å². The van der Waals surface area contributed by atoms with E-state index < -0.39 is 11.2 Å². The van der Waals surface area contributed by atoms with Crippen molar-refractivity contribution in [3.8, 4) is 0 Å². The van der Waals surface area contributed by atoms with Gasteiger partial charge < -0.3 is 10.6 Å². The summed E-state index contributed by atoms with van der Waals surface area (Å²) in [7, 11) is 2.95. The number of hydrogen-bond acceptors (Lipinski definition) is 5. The third kappa shape index (κ3) is 4.02. The summed E-state index contributed by atoms with van der Waals surface area (Å²) in [5.41, 5.74) is -0.470. The van der Waals surface area contributed by atoms with Gasteiger partial charge in [-0.25, -0.2) is 9.78 Å². The van der Waals surface area contributed by atoms with E-state index in [2.05, 4.69) is 15.6 Å². The van der Waals surface area contributed by atoms with Gasteiger partial charge in [0.15, 0.2) is 0 Å². The van der Waals surface area contributed by atoms with Gasteiger partial charge >= 0.3 is 5.69 Å². The molecule has 1 aliphatic heterocycles. The van der Waals surface area contributed by atoms with Crippen LogP contribution in [-0.4, -0.2) is 39.2 Å². The van der Waals surface area contributed by atoms with Crippen molar-refractivity contribution in [1.29, 1.82) is 0 Å². The summed E-state index contributed by atoms with van der Waals surface area (Å²) in [5.74, 6) is -0.297. The van der Waals surface area contributed by atoms with E-state index in [1.165, 1.54) is 30.8 Å². The molecule has 1 fully saturated rings. The Morgan fingerprint density at radius 1 is 1.24 bits per heavy atom. The third-order valence-electron chi connectivity index (χ3n) is 4.17. The first kappa shape index (κ1) is 21.1. The van der Waals surface area contributed by atoms with Crippen LogP contribution in [0.5, 0.6) is 0 Å². The van der Waals surface area contributed by atoms with Gasteiger partial charge in [0.05, 0.1) is 5.39 Å². The summed E-state index contributed by atoms with van der Waals surface area (Å²) in [6.07, 6.45) is 1.94. The number of rotatable bonds is 2. The molecule has 10 heteroatoms. The van der Waals surface area contributed by atoms with E-state index >= 15 is 0 Å². The van der Waals surface area contributed by atoms with Crippen molar-refractivity contribution in [2.45, 2.75) is 18.9 Å². The van der Waals surface area contributed by atoms with Crippen molar-refractivity contribution in [1.82, 2.24) is 24.8 Å². The summed E-state index contributed by atoms with van der Waals surface area (Å²) < 4.78 is 2.30. The predicted molar refractivity (Wildman–Crippen MR) is 100 cm³/mol. The van der Waals surface area contributed by atoms with Crippen molar-refractivity contribution < 1.29 is 4.79 Å². The highest BCUT2D eigenvalue weighted by Crippen LogP contribution is 2.08. The van der Waals surface area contributed by atoms with Crippen LogP contribution < -0.4 is 21.9 Å². The lowest BCUT2D eigenvalue weighted by atomic mass is 10.1. The molecule has 2 aromatic rings. The Hall–Kier alpha value is -1.90. The van der Waals surface area contributed by atoms with Crippen molar-refractivity contribution in [2.24, 2.45) is 14.1 Å². The summed E-state index contributed by atoms with van der Waals surface area (Å²) in [6.45, 7) is 1.70. The Bertz CT molecular complexity index is 887. The Morgan fingerprint density at radius 3 is 2.60 bits per heavy atom. The van der Waals surface area contributed by atoms with Gasteiger partial charge in [0, 0.05) is 26.7 Å². The first-order valence-corrected chi connectivity index (χ1v) is 7.57. The number of piperidine rings is 1. The number of fused-ring (bicyclic) bond motifs is 1. The van der Waals surface area contributed by atoms with Crippen LogP contribution in [0.2, 0.25) is 0 Å². The lowest BCUT2D eigenvalue weighted by molar-refractivity contribution is 0.0926. The number of aromatic nitrogens is 3. The highest BCUT2D eigenvalue weighted by atomic mass is 35.5. The van der Waals surface area contributed by atoms with E-state index in [0.717, 1.165) is 30.5 Å². The van der Waals surface area contributed by atoms with Crippen LogP contribution >= 0.6 is 24.8 Å². The molecule has 0 bridgehead atoms. The lowest BCUT2D eigenvalue weighted by Gasteiger charge is -2.23. The third-order valence-corrected chi connectivity index (χ3v) is 4.17. The van der Waals surface area contributed by atoms with Crippen LogP contribution in [0, 0.1) is 0 Å². The maximum Gasteiger partial charge on any atom is 0.332 e. The number of carbonyl (C=O) groups is 1. The van der Waals surface area contributed by atoms with Crippen molar-refractivity contribution in [3.63, 3.8) is 0 Å². The van der Waals surface area contributed by atoms with E-state index in [0.29, 0.717) is 5.39 Å². The van der Waals surface area contributed by atoms with Gasteiger partial charge in [-0.15, -0.1) is 24.8 Å². The Kier molecular flexibility index (Phi) is 7.16.